The number of nitrogens with zero attached hydrogens (tertiary/aromatic N) is 2. The second-order valence-corrected chi connectivity index (χ2v) is 6.49. The molecule has 3 rings (SSSR count). The van der Waals surface area contributed by atoms with Gasteiger partial charge in [0.15, 0.2) is 0 Å². The molecular formula is C21H37N3O2. The van der Waals surface area contributed by atoms with Crippen LogP contribution in [0.2, 0.25) is 0 Å². The van der Waals surface area contributed by atoms with Gasteiger partial charge in [0.25, 0.3) is 11.8 Å². The number of allylic oxidation sites excluding steroid dienone is 1. The van der Waals surface area contributed by atoms with Gasteiger partial charge in [0.2, 0.25) is 0 Å². The lowest BCUT2D eigenvalue weighted by Gasteiger charge is -2.33. The Labute approximate surface area is 159 Å². The van der Waals surface area contributed by atoms with Gasteiger partial charge in [0, 0.05) is 36.3 Å². The van der Waals surface area contributed by atoms with Crippen LogP contribution in [0.3, 0.4) is 0 Å². The van der Waals surface area contributed by atoms with E-state index in [-0.39, 0.29) is 17.9 Å². The van der Waals surface area contributed by atoms with Gasteiger partial charge >= 0.3 is 0 Å². The number of carbonyl (C=O) groups excluding carboxylic acids is 2. The Morgan fingerprint density at radius 1 is 1.19 bits per heavy atom. The standard InChI is InChI=1S/C17H25N3O2.2C2H6/c1-12-6-5-9-19(12)13(10-18-2)11-20-16(21)14-7-3-4-8-15(14)17(20)22;2*1-2/h3,7,12-13,18H,4-6,8-11H2,1-2H3;2*1-2H3. The molecule has 5 heteroatoms. The zero-order valence-corrected chi connectivity index (χ0v) is 17.5. The van der Waals surface area contributed by atoms with Gasteiger partial charge in [-0.25, -0.2) is 0 Å². The van der Waals surface area contributed by atoms with Crippen molar-refractivity contribution in [3.8, 4) is 0 Å². The Morgan fingerprint density at radius 2 is 1.88 bits per heavy atom. The summed E-state index contributed by atoms with van der Waals surface area (Å²) in [5.41, 5.74) is 1.33. The predicted octanol–water partition coefficient (Wildman–Crippen LogP) is 3.13. The normalized spacial score (nSPS) is 23.3. The van der Waals surface area contributed by atoms with E-state index < -0.39 is 0 Å². The molecule has 0 aromatic carbocycles. The van der Waals surface area contributed by atoms with Crippen LogP contribution >= 0.6 is 0 Å². The first-order chi connectivity index (χ1) is 12.6. The molecule has 2 atom stereocenters. The SMILES string of the molecule is CC.CC.CNCC(CN1C(=O)C2=C(CCC=C2)C1=O)N1CCCC1C. The fourth-order valence-corrected chi connectivity index (χ4v) is 3.88. The number of likely N-dealkylation sites (tertiary alicyclic amines) is 1. The van der Waals surface area contributed by atoms with E-state index in [0.29, 0.717) is 30.2 Å². The number of amides is 2. The van der Waals surface area contributed by atoms with Crippen LogP contribution in [0.1, 0.15) is 60.3 Å². The first-order valence-corrected chi connectivity index (χ1v) is 10.3. The fraction of sp³-hybridized carbons (Fsp3) is 0.714. The summed E-state index contributed by atoms with van der Waals surface area (Å²) in [4.78, 5) is 29.0. The first-order valence-electron chi connectivity index (χ1n) is 10.3. The second-order valence-electron chi connectivity index (χ2n) is 6.49. The van der Waals surface area contributed by atoms with Crippen molar-refractivity contribution >= 4 is 11.8 Å². The Bertz CT molecular complexity index is 539. The summed E-state index contributed by atoms with van der Waals surface area (Å²) in [7, 11) is 1.92. The van der Waals surface area contributed by atoms with Gasteiger partial charge in [-0.1, -0.05) is 39.8 Å². The summed E-state index contributed by atoms with van der Waals surface area (Å²) in [5.74, 6) is -0.179. The lowest BCUT2D eigenvalue weighted by atomic mass is 10.00. The third kappa shape index (κ3) is 4.83. The third-order valence-corrected chi connectivity index (χ3v) is 5.06. The summed E-state index contributed by atoms with van der Waals surface area (Å²) in [6, 6.07) is 0.717. The monoisotopic (exact) mass is 363 g/mol. The van der Waals surface area contributed by atoms with Gasteiger partial charge in [0.05, 0.1) is 0 Å². The number of rotatable bonds is 5. The molecular weight excluding hydrogens is 326 g/mol. The number of likely N-dealkylation sites (N-methyl/N-ethyl adjacent to an activating group) is 1. The van der Waals surface area contributed by atoms with Crippen molar-refractivity contribution in [2.24, 2.45) is 0 Å². The van der Waals surface area contributed by atoms with Gasteiger partial charge in [-0.3, -0.25) is 19.4 Å². The molecule has 2 amide bonds. The van der Waals surface area contributed by atoms with Crippen LogP contribution in [0.15, 0.2) is 23.3 Å². The van der Waals surface area contributed by atoms with Crippen molar-refractivity contribution in [1.29, 1.82) is 0 Å². The highest BCUT2D eigenvalue weighted by Crippen LogP contribution is 2.30. The summed E-state index contributed by atoms with van der Waals surface area (Å²) in [5, 5.41) is 3.21. The molecule has 0 radical (unpaired) electrons. The van der Waals surface area contributed by atoms with Gasteiger partial charge in [0.1, 0.15) is 0 Å². The van der Waals surface area contributed by atoms with Crippen molar-refractivity contribution in [3.63, 3.8) is 0 Å². The minimum atomic E-state index is -0.107. The number of carbonyl (C=O) groups is 2. The van der Waals surface area contributed by atoms with Crippen LogP contribution in [-0.4, -0.2) is 60.4 Å². The highest BCUT2D eigenvalue weighted by molar-refractivity contribution is 6.20. The molecule has 148 valence electrons. The average molecular weight is 364 g/mol. The summed E-state index contributed by atoms with van der Waals surface area (Å²) >= 11 is 0. The predicted molar refractivity (Wildman–Crippen MR) is 108 cm³/mol. The molecule has 2 aliphatic heterocycles. The van der Waals surface area contributed by atoms with Crippen LogP contribution in [0.4, 0.5) is 0 Å². The molecule has 0 aromatic heterocycles. The molecule has 26 heavy (non-hydrogen) atoms. The second kappa shape index (κ2) is 11.3. The summed E-state index contributed by atoms with van der Waals surface area (Å²) < 4.78 is 0. The fourth-order valence-electron chi connectivity index (χ4n) is 3.88. The molecule has 2 heterocycles. The molecule has 1 fully saturated rings. The maximum atomic E-state index is 12.6. The molecule has 0 bridgehead atoms. The molecule has 1 aliphatic carbocycles. The van der Waals surface area contributed by atoms with E-state index in [9.17, 15) is 9.59 Å². The first kappa shape index (κ1) is 22.6. The van der Waals surface area contributed by atoms with E-state index in [2.05, 4.69) is 17.1 Å². The Balaban J connectivity index is 0.000000791. The minimum Gasteiger partial charge on any atom is -0.318 e. The molecule has 3 aliphatic rings. The zero-order valence-electron chi connectivity index (χ0n) is 17.5. The zero-order chi connectivity index (χ0) is 19.7. The van der Waals surface area contributed by atoms with Gasteiger partial charge in [-0.2, -0.15) is 0 Å². The van der Waals surface area contributed by atoms with E-state index in [1.165, 1.54) is 17.7 Å². The van der Waals surface area contributed by atoms with Crippen LogP contribution in [-0.2, 0) is 9.59 Å². The molecule has 0 spiro atoms. The van der Waals surface area contributed by atoms with E-state index in [4.69, 9.17) is 0 Å². The molecule has 0 saturated carbocycles. The summed E-state index contributed by atoms with van der Waals surface area (Å²) in [6.45, 7) is 12.6. The van der Waals surface area contributed by atoms with Crippen molar-refractivity contribution in [2.45, 2.75) is 72.4 Å². The highest BCUT2D eigenvalue weighted by atomic mass is 16.2. The Morgan fingerprint density at radius 3 is 2.42 bits per heavy atom. The average Bonchev–Trinajstić information content (AvgIpc) is 3.22. The number of nitrogens with one attached hydrogen (secondary N) is 1. The number of hydrogen-bond acceptors (Lipinski definition) is 4. The molecule has 5 nitrogen and oxygen atoms in total. The van der Waals surface area contributed by atoms with Crippen molar-refractivity contribution < 1.29 is 9.59 Å². The Kier molecular flexibility index (Phi) is 9.81. The van der Waals surface area contributed by atoms with Crippen LogP contribution in [0.25, 0.3) is 0 Å². The largest absolute Gasteiger partial charge is 0.318 e. The smallest absolute Gasteiger partial charge is 0.261 e. The van der Waals surface area contributed by atoms with Gasteiger partial charge in [-0.15, -0.1) is 0 Å². The lowest BCUT2D eigenvalue weighted by Crippen LogP contribution is -2.51. The Hall–Kier alpha value is -1.46. The van der Waals surface area contributed by atoms with E-state index in [1.807, 2.05) is 46.9 Å². The summed E-state index contributed by atoms with van der Waals surface area (Å²) in [6.07, 6.45) is 7.75. The van der Waals surface area contributed by atoms with Crippen molar-refractivity contribution in [2.75, 3.05) is 26.7 Å². The molecule has 2 unspecified atom stereocenters. The van der Waals surface area contributed by atoms with Crippen LogP contribution < -0.4 is 5.32 Å². The number of hydrogen-bond donors (Lipinski definition) is 1. The van der Waals surface area contributed by atoms with Crippen LogP contribution in [0, 0.1) is 0 Å². The number of imide groups is 1. The molecule has 1 N–H and O–H groups in total. The van der Waals surface area contributed by atoms with Crippen molar-refractivity contribution in [1.82, 2.24) is 15.1 Å². The molecule has 1 saturated heterocycles. The van der Waals surface area contributed by atoms with Gasteiger partial charge in [-0.05, 0) is 46.2 Å². The lowest BCUT2D eigenvalue weighted by molar-refractivity contribution is -0.138. The maximum absolute atomic E-state index is 12.6. The maximum Gasteiger partial charge on any atom is 0.261 e. The third-order valence-electron chi connectivity index (χ3n) is 5.06. The van der Waals surface area contributed by atoms with E-state index >= 15 is 0 Å². The quantitative estimate of drug-likeness (QED) is 0.763. The van der Waals surface area contributed by atoms with Crippen LogP contribution in [0.5, 0.6) is 0 Å². The molecule has 0 aromatic rings. The highest BCUT2D eigenvalue weighted by Gasteiger charge is 2.40. The van der Waals surface area contributed by atoms with E-state index in [0.717, 1.165) is 19.5 Å². The van der Waals surface area contributed by atoms with E-state index in [1.54, 1.807) is 0 Å². The van der Waals surface area contributed by atoms with Gasteiger partial charge < -0.3 is 5.32 Å². The minimum absolute atomic E-state index is 0.0719. The topological polar surface area (TPSA) is 52.7 Å². The van der Waals surface area contributed by atoms with Crippen molar-refractivity contribution in [3.05, 3.63) is 23.3 Å².